The van der Waals surface area contributed by atoms with E-state index in [0.717, 1.165) is 11.3 Å². The normalized spacial score (nSPS) is 10.4. The van der Waals surface area contributed by atoms with Gasteiger partial charge in [-0.3, -0.25) is 14.9 Å². The van der Waals surface area contributed by atoms with Crippen molar-refractivity contribution in [3.8, 4) is 0 Å². The van der Waals surface area contributed by atoms with E-state index in [2.05, 4.69) is 16.0 Å². The van der Waals surface area contributed by atoms with Crippen LogP contribution in [0.1, 0.15) is 28.6 Å². The van der Waals surface area contributed by atoms with Crippen molar-refractivity contribution in [2.75, 3.05) is 11.9 Å². The summed E-state index contributed by atoms with van der Waals surface area (Å²) < 4.78 is 0. The highest BCUT2D eigenvalue weighted by Crippen LogP contribution is 2.11. The number of carbonyl (C=O) groups excluding carboxylic acids is 2. The molecule has 1 aromatic carbocycles. The molecule has 0 unspecified atom stereocenters. The summed E-state index contributed by atoms with van der Waals surface area (Å²) in [5.41, 5.74) is 1.27. The smallest absolute Gasteiger partial charge is 0.251 e. The number of amides is 2. The van der Waals surface area contributed by atoms with Crippen LogP contribution in [0.5, 0.6) is 0 Å². The van der Waals surface area contributed by atoms with E-state index in [9.17, 15) is 9.59 Å². The van der Waals surface area contributed by atoms with Gasteiger partial charge in [0.1, 0.15) is 0 Å². The molecule has 0 radical (unpaired) electrons. The van der Waals surface area contributed by atoms with Crippen LogP contribution in [0.2, 0.25) is 0 Å². The van der Waals surface area contributed by atoms with Crippen LogP contribution in [-0.4, -0.2) is 23.5 Å². The first-order valence-electron chi connectivity index (χ1n) is 7.80. The summed E-state index contributed by atoms with van der Waals surface area (Å²) in [6.07, 6.45) is 4.05. The SMILES string of the molecule is CCCNC(=O)c1ccc(NC(=S)NC(=O)/C=C/c2cccs2)cc1. The van der Waals surface area contributed by atoms with Crippen LogP contribution in [0, 0.1) is 0 Å². The highest BCUT2D eigenvalue weighted by Gasteiger charge is 2.05. The molecule has 0 saturated carbocycles. The highest BCUT2D eigenvalue weighted by molar-refractivity contribution is 7.80. The molecule has 0 aliphatic rings. The zero-order valence-corrected chi connectivity index (χ0v) is 15.4. The molecular weight excluding hydrogens is 354 g/mol. The predicted octanol–water partition coefficient (Wildman–Crippen LogP) is 3.41. The minimum atomic E-state index is -0.304. The molecule has 0 aliphatic carbocycles. The van der Waals surface area contributed by atoms with Gasteiger partial charge in [0, 0.05) is 28.7 Å². The number of hydrogen-bond donors (Lipinski definition) is 3. The third-order valence-electron chi connectivity index (χ3n) is 3.12. The topological polar surface area (TPSA) is 70.2 Å². The summed E-state index contributed by atoms with van der Waals surface area (Å²) >= 11 is 6.66. The summed E-state index contributed by atoms with van der Waals surface area (Å²) in [4.78, 5) is 24.6. The molecule has 0 atom stereocenters. The Labute approximate surface area is 156 Å². The maximum absolute atomic E-state index is 11.8. The van der Waals surface area contributed by atoms with Crippen molar-refractivity contribution in [1.82, 2.24) is 10.6 Å². The number of benzene rings is 1. The number of hydrogen-bond acceptors (Lipinski definition) is 4. The first kappa shape index (κ1) is 18.8. The monoisotopic (exact) mass is 373 g/mol. The molecule has 0 bridgehead atoms. The highest BCUT2D eigenvalue weighted by atomic mass is 32.1. The second-order valence-corrected chi connectivity index (χ2v) is 6.51. The fourth-order valence-corrected chi connectivity index (χ4v) is 2.74. The molecule has 5 nitrogen and oxygen atoms in total. The maximum atomic E-state index is 11.8. The molecule has 1 aromatic heterocycles. The lowest BCUT2D eigenvalue weighted by molar-refractivity contribution is -0.115. The van der Waals surface area contributed by atoms with Gasteiger partial charge in [-0.1, -0.05) is 13.0 Å². The number of thiophene rings is 1. The van der Waals surface area contributed by atoms with Crippen LogP contribution in [0.3, 0.4) is 0 Å². The van der Waals surface area contributed by atoms with Gasteiger partial charge in [0.2, 0.25) is 5.91 Å². The largest absolute Gasteiger partial charge is 0.352 e. The summed E-state index contributed by atoms with van der Waals surface area (Å²) in [5, 5.41) is 10.4. The fraction of sp³-hybridized carbons (Fsp3) is 0.167. The number of anilines is 1. The zero-order valence-electron chi connectivity index (χ0n) is 13.7. The zero-order chi connectivity index (χ0) is 18.1. The van der Waals surface area contributed by atoms with E-state index in [1.807, 2.05) is 24.4 Å². The molecule has 0 aliphatic heterocycles. The van der Waals surface area contributed by atoms with Crippen molar-refractivity contribution < 1.29 is 9.59 Å². The van der Waals surface area contributed by atoms with E-state index in [1.165, 1.54) is 6.08 Å². The predicted molar refractivity (Wildman–Crippen MR) is 107 cm³/mol. The molecule has 1 heterocycles. The van der Waals surface area contributed by atoms with E-state index in [-0.39, 0.29) is 16.9 Å². The molecule has 7 heteroatoms. The van der Waals surface area contributed by atoms with E-state index in [0.29, 0.717) is 17.8 Å². The van der Waals surface area contributed by atoms with Crippen molar-refractivity contribution in [3.05, 3.63) is 58.3 Å². The van der Waals surface area contributed by atoms with E-state index >= 15 is 0 Å². The minimum absolute atomic E-state index is 0.108. The quantitative estimate of drug-likeness (QED) is 0.536. The summed E-state index contributed by atoms with van der Waals surface area (Å²) in [6.45, 7) is 2.64. The Morgan fingerprint density at radius 1 is 1.20 bits per heavy atom. The standard InChI is InChI=1S/C18H19N3O2S2/c1-2-11-19-17(23)13-5-7-14(8-6-13)20-18(24)21-16(22)10-9-15-4-3-12-25-15/h3-10,12H,2,11H2,1H3,(H,19,23)(H2,20,21,22,24)/b10-9+. The third-order valence-corrected chi connectivity index (χ3v) is 4.16. The molecule has 0 spiro atoms. The first-order valence-corrected chi connectivity index (χ1v) is 9.09. The molecule has 3 N–H and O–H groups in total. The Balaban J connectivity index is 1.83. The van der Waals surface area contributed by atoms with Crippen molar-refractivity contribution in [2.24, 2.45) is 0 Å². The average molecular weight is 374 g/mol. The first-order chi connectivity index (χ1) is 12.1. The summed E-state index contributed by atoms with van der Waals surface area (Å²) in [6, 6.07) is 10.7. The Hall–Kier alpha value is -2.51. The van der Waals surface area contributed by atoms with Gasteiger partial charge in [0.15, 0.2) is 5.11 Å². The van der Waals surface area contributed by atoms with E-state index < -0.39 is 0 Å². The number of nitrogens with one attached hydrogen (secondary N) is 3. The van der Waals surface area contributed by atoms with Crippen LogP contribution >= 0.6 is 23.6 Å². The van der Waals surface area contributed by atoms with Gasteiger partial charge in [-0.2, -0.15) is 0 Å². The Kier molecular flexibility index (Phi) is 7.31. The van der Waals surface area contributed by atoms with Gasteiger partial charge in [-0.05, 0) is 60.4 Å². The summed E-state index contributed by atoms with van der Waals surface area (Å²) in [7, 11) is 0. The van der Waals surface area contributed by atoms with Gasteiger partial charge in [0.05, 0.1) is 0 Å². The van der Waals surface area contributed by atoms with Crippen molar-refractivity contribution in [1.29, 1.82) is 0 Å². The second-order valence-electron chi connectivity index (χ2n) is 5.13. The lowest BCUT2D eigenvalue weighted by Gasteiger charge is -2.09. The van der Waals surface area contributed by atoms with Crippen LogP contribution < -0.4 is 16.0 Å². The van der Waals surface area contributed by atoms with Crippen LogP contribution in [-0.2, 0) is 4.79 Å². The lowest BCUT2D eigenvalue weighted by atomic mass is 10.2. The van der Waals surface area contributed by atoms with Gasteiger partial charge in [0.25, 0.3) is 5.91 Å². The second kappa shape index (κ2) is 9.71. The number of carbonyl (C=O) groups is 2. The molecule has 2 rings (SSSR count). The minimum Gasteiger partial charge on any atom is -0.352 e. The molecule has 0 fully saturated rings. The van der Waals surface area contributed by atoms with E-state index in [4.69, 9.17) is 12.2 Å². The molecule has 25 heavy (non-hydrogen) atoms. The average Bonchev–Trinajstić information content (AvgIpc) is 3.12. The van der Waals surface area contributed by atoms with Crippen LogP contribution in [0.4, 0.5) is 5.69 Å². The Morgan fingerprint density at radius 3 is 2.60 bits per heavy atom. The van der Waals surface area contributed by atoms with Gasteiger partial charge in [-0.15, -0.1) is 11.3 Å². The summed E-state index contributed by atoms with van der Waals surface area (Å²) in [5.74, 6) is -0.413. The van der Waals surface area contributed by atoms with E-state index in [1.54, 1.807) is 41.7 Å². The maximum Gasteiger partial charge on any atom is 0.251 e. The lowest BCUT2D eigenvalue weighted by Crippen LogP contribution is -2.32. The molecule has 130 valence electrons. The van der Waals surface area contributed by atoms with Gasteiger partial charge < -0.3 is 10.6 Å². The third kappa shape index (κ3) is 6.48. The fourth-order valence-electron chi connectivity index (χ4n) is 1.91. The van der Waals surface area contributed by atoms with Gasteiger partial charge >= 0.3 is 0 Å². The van der Waals surface area contributed by atoms with Gasteiger partial charge in [-0.25, -0.2) is 0 Å². The number of rotatable bonds is 6. The van der Waals surface area contributed by atoms with Crippen molar-refractivity contribution in [2.45, 2.75) is 13.3 Å². The number of thiocarbonyl (C=S) groups is 1. The van der Waals surface area contributed by atoms with Crippen LogP contribution in [0.25, 0.3) is 6.08 Å². The van der Waals surface area contributed by atoms with Crippen molar-refractivity contribution in [3.63, 3.8) is 0 Å². The molecule has 0 saturated heterocycles. The Bertz CT molecular complexity index is 753. The molecular formula is C18H19N3O2S2. The molecule has 2 aromatic rings. The molecule has 2 amide bonds. The Morgan fingerprint density at radius 2 is 1.96 bits per heavy atom. The van der Waals surface area contributed by atoms with Crippen molar-refractivity contribution >= 4 is 52.2 Å². The van der Waals surface area contributed by atoms with Crippen LogP contribution in [0.15, 0.2) is 47.9 Å².